The summed E-state index contributed by atoms with van der Waals surface area (Å²) in [6, 6.07) is 9.32. The van der Waals surface area contributed by atoms with Crippen molar-refractivity contribution >= 4 is 40.4 Å². The van der Waals surface area contributed by atoms with E-state index in [4.69, 9.17) is 16.3 Å². The van der Waals surface area contributed by atoms with E-state index in [1.165, 1.54) is 11.0 Å². The van der Waals surface area contributed by atoms with Gasteiger partial charge < -0.3 is 19.5 Å². The summed E-state index contributed by atoms with van der Waals surface area (Å²) < 4.78 is 10.1. The molecule has 196 valence electrons. The summed E-state index contributed by atoms with van der Waals surface area (Å²) in [5, 5.41) is 12.3. The zero-order valence-corrected chi connectivity index (χ0v) is 22.8. The van der Waals surface area contributed by atoms with Crippen molar-refractivity contribution in [3.63, 3.8) is 0 Å². The van der Waals surface area contributed by atoms with Gasteiger partial charge in [0.2, 0.25) is 0 Å². The maximum atomic E-state index is 13.1. The lowest BCUT2D eigenvalue weighted by molar-refractivity contribution is 0.0949. The van der Waals surface area contributed by atoms with Gasteiger partial charge in [0.25, 0.3) is 17.3 Å². The molecule has 1 unspecified atom stereocenters. The Bertz CT molecular complexity index is 1360. The summed E-state index contributed by atoms with van der Waals surface area (Å²) in [4.78, 5) is 28.3. The highest BCUT2D eigenvalue weighted by Crippen LogP contribution is 2.51. The average molecular weight is 543 g/mol. The minimum absolute atomic E-state index is 0.0331. The number of carbonyl (C=O) groups excluding carboxylic acids is 1. The van der Waals surface area contributed by atoms with Crippen LogP contribution >= 0.6 is 23.5 Å². The molecule has 37 heavy (non-hydrogen) atoms. The lowest BCUT2D eigenvalue weighted by Crippen LogP contribution is -2.32. The van der Waals surface area contributed by atoms with Crippen LogP contribution in [0.15, 0.2) is 41.3 Å². The molecule has 3 aromatic rings. The lowest BCUT2D eigenvalue weighted by atomic mass is 10.1. The number of amides is 1. The van der Waals surface area contributed by atoms with Crippen molar-refractivity contribution in [3.8, 4) is 5.88 Å². The Balaban J connectivity index is 1.29. The highest BCUT2D eigenvalue weighted by molar-refractivity contribution is 7.98. The smallest absolute Gasteiger partial charge is 0.263 e. The van der Waals surface area contributed by atoms with Crippen LogP contribution < -0.4 is 15.6 Å². The fourth-order valence-corrected chi connectivity index (χ4v) is 6.06. The predicted molar refractivity (Wildman–Crippen MR) is 146 cm³/mol. The summed E-state index contributed by atoms with van der Waals surface area (Å²) in [5.74, 6) is -0.142. The Morgan fingerprint density at radius 3 is 2.73 bits per heavy atom. The number of aromatic nitrogens is 3. The van der Waals surface area contributed by atoms with Crippen molar-refractivity contribution in [2.75, 3.05) is 33.8 Å². The van der Waals surface area contributed by atoms with Gasteiger partial charge in [0, 0.05) is 43.1 Å². The fourth-order valence-electron chi connectivity index (χ4n) is 4.55. The van der Waals surface area contributed by atoms with E-state index in [1.807, 2.05) is 24.1 Å². The molecule has 1 amide bonds. The molecule has 1 aliphatic carbocycles. The zero-order valence-electron chi connectivity index (χ0n) is 21.2. The number of halogens is 1. The van der Waals surface area contributed by atoms with E-state index in [1.54, 1.807) is 31.4 Å². The lowest BCUT2D eigenvalue weighted by Gasteiger charge is -2.24. The van der Waals surface area contributed by atoms with Crippen molar-refractivity contribution < 1.29 is 9.53 Å². The SMILES string of the molecule is CN(C)C1CCN(SC2(COc3nncc4cc(C(=O)NCc5ccc(Cl)cc5)c(=O)n(C)c34)CC2)C1. The van der Waals surface area contributed by atoms with E-state index >= 15 is 0 Å². The second-order valence-corrected chi connectivity index (χ2v) is 12.0. The number of benzene rings is 1. The van der Waals surface area contributed by atoms with E-state index < -0.39 is 11.5 Å². The summed E-state index contributed by atoms with van der Waals surface area (Å²) in [6.07, 6.45) is 4.88. The number of aryl methyl sites for hydroxylation is 1. The Morgan fingerprint density at radius 2 is 2.05 bits per heavy atom. The third-order valence-corrected chi connectivity index (χ3v) is 8.82. The number of hydrogen-bond acceptors (Lipinski definition) is 8. The molecule has 0 bridgehead atoms. The molecule has 3 heterocycles. The molecular formula is C26H31ClN6O3S. The van der Waals surface area contributed by atoms with Gasteiger partial charge in [-0.15, -0.1) is 5.10 Å². The predicted octanol–water partition coefficient (Wildman–Crippen LogP) is 3.11. The number of ether oxygens (including phenoxy) is 1. The van der Waals surface area contributed by atoms with Gasteiger partial charge in [-0.1, -0.05) is 35.7 Å². The van der Waals surface area contributed by atoms with Crippen molar-refractivity contribution in [1.29, 1.82) is 0 Å². The second kappa shape index (κ2) is 10.6. The molecule has 2 aliphatic rings. The number of likely N-dealkylation sites (N-methyl/N-ethyl adjacent to an activating group) is 1. The van der Waals surface area contributed by atoms with E-state index in [9.17, 15) is 9.59 Å². The van der Waals surface area contributed by atoms with Crippen LogP contribution in [0, 0.1) is 0 Å². The van der Waals surface area contributed by atoms with E-state index in [0.29, 0.717) is 34.5 Å². The van der Waals surface area contributed by atoms with Crippen LogP contribution in [0.5, 0.6) is 5.88 Å². The monoisotopic (exact) mass is 542 g/mol. The van der Waals surface area contributed by atoms with Crippen LogP contribution in [0.3, 0.4) is 0 Å². The molecule has 1 saturated heterocycles. The average Bonchev–Trinajstić information content (AvgIpc) is 3.48. The standard InChI is InChI=1S/C26H31ClN6O3S/c1-31(2)20-8-11-33(15-20)37-26(9-10-26)16-36-24-22-18(14-29-30-24)12-21(25(35)32(22)3)23(34)28-13-17-4-6-19(27)7-5-17/h4-7,12,14,20H,8-11,13,15-16H2,1-3H3,(H,28,34). The molecule has 1 saturated carbocycles. The molecule has 5 rings (SSSR count). The number of nitrogens with zero attached hydrogens (tertiary/aromatic N) is 5. The Morgan fingerprint density at radius 1 is 1.30 bits per heavy atom. The van der Waals surface area contributed by atoms with Gasteiger partial charge in [0.05, 0.1) is 10.9 Å². The maximum Gasteiger partial charge on any atom is 0.263 e. The normalized spacial score (nSPS) is 18.9. The summed E-state index contributed by atoms with van der Waals surface area (Å²) in [6.45, 7) is 2.89. The van der Waals surface area contributed by atoms with E-state index in [2.05, 4.69) is 38.8 Å². The molecule has 1 aliphatic heterocycles. The van der Waals surface area contributed by atoms with Crippen LogP contribution in [-0.4, -0.2) is 74.5 Å². The first-order valence-corrected chi connectivity index (χ1v) is 13.5. The largest absolute Gasteiger partial charge is 0.474 e. The first-order valence-electron chi connectivity index (χ1n) is 12.4. The number of rotatable bonds is 9. The Hall–Kier alpha value is -2.66. The number of hydrogen-bond donors (Lipinski definition) is 1. The van der Waals surface area contributed by atoms with E-state index in [-0.39, 0.29) is 16.9 Å². The number of nitrogens with one attached hydrogen (secondary N) is 1. The highest BCUT2D eigenvalue weighted by atomic mass is 35.5. The van der Waals surface area contributed by atoms with Crippen LogP contribution in [0.2, 0.25) is 5.02 Å². The van der Waals surface area contributed by atoms with Gasteiger partial charge in [-0.3, -0.25) is 9.59 Å². The zero-order chi connectivity index (χ0) is 26.2. The topological polar surface area (TPSA) is 92.6 Å². The number of pyridine rings is 1. The number of fused-ring (bicyclic) bond motifs is 1. The van der Waals surface area contributed by atoms with Crippen molar-refractivity contribution in [1.82, 2.24) is 29.3 Å². The molecular weight excluding hydrogens is 512 g/mol. The molecule has 0 spiro atoms. The molecule has 1 atom stereocenters. The summed E-state index contributed by atoms with van der Waals surface area (Å²) in [5.41, 5.74) is 1.04. The third-order valence-electron chi connectivity index (χ3n) is 7.06. The molecule has 11 heteroatoms. The molecule has 1 aromatic carbocycles. The molecule has 2 fully saturated rings. The molecule has 1 N–H and O–H groups in total. The van der Waals surface area contributed by atoms with Crippen LogP contribution in [0.25, 0.3) is 10.9 Å². The number of carbonyl (C=O) groups is 1. The van der Waals surface area contributed by atoms with Crippen molar-refractivity contribution in [3.05, 3.63) is 63.0 Å². The minimum atomic E-state index is -0.452. The molecule has 2 aromatic heterocycles. The quantitative estimate of drug-likeness (QED) is 0.412. The van der Waals surface area contributed by atoms with Crippen LogP contribution in [0.4, 0.5) is 0 Å². The van der Waals surface area contributed by atoms with Crippen molar-refractivity contribution in [2.24, 2.45) is 7.05 Å². The molecule has 9 nitrogen and oxygen atoms in total. The highest BCUT2D eigenvalue weighted by Gasteiger charge is 2.47. The summed E-state index contributed by atoms with van der Waals surface area (Å²) >= 11 is 7.81. The fraction of sp³-hybridized carbons (Fsp3) is 0.462. The third kappa shape index (κ3) is 5.77. The Kier molecular flexibility index (Phi) is 7.44. The van der Waals surface area contributed by atoms with Gasteiger partial charge in [-0.05, 0) is 57.1 Å². The van der Waals surface area contributed by atoms with Gasteiger partial charge >= 0.3 is 0 Å². The minimum Gasteiger partial charge on any atom is -0.474 e. The molecule has 0 radical (unpaired) electrons. The van der Waals surface area contributed by atoms with E-state index in [0.717, 1.165) is 31.5 Å². The van der Waals surface area contributed by atoms with Crippen LogP contribution in [0.1, 0.15) is 35.2 Å². The van der Waals surface area contributed by atoms with Crippen LogP contribution in [-0.2, 0) is 13.6 Å². The maximum absolute atomic E-state index is 13.1. The van der Waals surface area contributed by atoms with Gasteiger partial charge in [0.15, 0.2) is 0 Å². The first-order chi connectivity index (χ1) is 17.7. The summed E-state index contributed by atoms with van der Waals surface area (Å²) in [7, 11) is 5.89. The Labute approximate surface area is 225 Å². The first kappa shape index (κ1) is 26.0. The van der Waals surface area contributed by atoms with Gasteiger partial charge in [-0.25, -0.2) is 4.31 Å². The van der Waals surface area contributed by atoms with Gasteiger partial charge in [0.1, 0.15) is 17.7 Å². The van der Waals surface area contributed by atoms with Gasteiger partial charge in [-0.2, -0.15) is 5.10 Å². The van der Waals surface area contributed by atoms with Crippen molar-refractivity contribution in [2.45, 2.75) is 36.6 Å². The second-order valence-electron chi connectivity index (χ2n) is 10.0.